The summed E-state index contributed by atoms with van der Waals surface area (Å²) < 4.78 is 0. The molecule has 0 aromatic heterocycles. The Morgan fingerprint density at radius 3 is 1.77 bits per heavy atom. The number of benzene rings is 2. The number of rotatable bonds is 4. The van der Waals surface area contributed by atoms with Gasteiger partial charge in [0.05, 0.1) is 0 Å². The lowest BCUT2D eigenvalue weighted by Gasteiger charge is -2.36. The van der Waals surface area contributed by atoms with Crippen LogP contribution in [-0.4, -0.2) is 0 Å². The van der Waals surface area contributed by atoms with Crippen LogP contribution in [0.1, 0.15) is 68.9 Å². The van der Waals surface area contributed by atoms with Gasteiger partial charge in [-0.2, -0.15) is 0 Å². The van der Waals surface area contributed by atoms with Gasteiger partial charge in [0.2, 0.25) is 0 Å². The highest BCUT2D eigenvalue weighted by molar-refractivity contribution is 5.63. The normalized spacial score (nSPS) is 24.5. The van der Waals surface area contributed by atoms with Gasteiger partial charge in [0.1, 0.15) is 0 Å². The minimum absolute atomic E-state index is 0.917. The molecular weight excluding hydrogens is 312 g/mol. The molecule has 0 bridgehead atoms. The van der Waals surface area contributed by atoms with Gasteiger partial charge in [0, 0.05) is 0 Å². The molecule has 0 radical (unpaired) electrons. The first-order valence-electron chi connectivity index (χ1n) is 10.9. The largest absolute Gasteiger partial charge is 0.0587 e. The van der Waals surface area contributed by atoms with E-state index in [0.29, 0.717) is 0 Å². The highest BCUT2D eigenvalue weighted by Gasteiger charge is 2.28. The Morgan fingerprint density at radius 1 is 0.615 bits per heavy atom. The Bertz CT molecular complexity index is 665. The lowest BCUT2D eigenvalue weighted by Crippen LogP contribution is -2.24. The van der Waals surface area contributed by atoms with Crippen LogP contribution in [0.2, 0.25) is 0 Å². The van der Waals surface area contributed by atoms with Crippen LogP contribution in [0.15, 0.2) is 48.5 Å². The third-order valence-corrected chi connectivity index (χ3v) is 7.07. The zero-order chi connectivity index (χ0) is 17.8. The van der Waals surface area contributed by atoms with Gasteiger partial charge >= 0.3 is 0 Å². The maximum absolute atomic E-state index is 2.36. The van der Waals surface area contributed by atoms with Crippen molar-refractivity contribution in [2.45, 2.75) is 71.1 Å². The molecule has 0 atom stereocenters. The van der Waals surface area contributed by atoms with Crippen molar-refractivity contribution in [3.05, 3.63) is 59.7 Å². The maximum Gasteiger partial charge on any atom is -0.0184 e. The Labute approximate surface area is 160 Å². The summed E-state index contributed by atoms with van der Waals surface area (Å²) in [6.45, 7) is 2.15. The molecule has 26 heavy (non-hydrogen) atoms. The zero-order valence-electron chi connectivity index (χ0n) is 16.4. The second kappa shape index (κ2) is 8.42. The van der Waals surface area contributed by atoms with E-state index in [1.807, 2.05) is 0 Å². The van der Waals surface area contributed by atoms with Crippen LogP contribution in [0, 0.1) is 24.7 Å². The zero-order valence-corrected chi connectivity index (χ0v) is 16.4. The summed E-state index contributed by atoms with van der Waals surface area (Å²) in [5.41, 5.74) is 5.53. The first-order chi connectivity index (χ1) is 12.8. The molecule has 2 saturated carbocycles. The summed E-state index contributed by atoms with van der Waals surface area (Å²) in [5.74, 6) is 3.04. The summed E-state index contributed by atoms with van der Waals surface area (Å²) in [4.78, 5) is 0. The van der Waals surface area contributed by atoms with Crippen molar-refractivity contribution in [2.75, 3.05) is 0 Å². The molecule has 0 nitrogen and oxygen atoms in total. The molecule has 2 fully saturated rings. The van der Waals surface area contributed by atoms with Gasteiger partial charge in [-0.15, -0.1) is 0 Å². The highest BCUT2D eigenvalue weighted by Crippen LogP contribution is 2.40. The van der Waals surface area contributed by atoms with Crippen LogP contribution in [-0.2, 0) is 6.42 Å². The minimum atomic E-state index is 0.917. The fourth-order valence-corrected chi connectivity index (χ4v) is 5.38. The molecule has 0 spiro atoms. The summed E-state index contributed by atoms with van der Waals surface area (Å²) in [6, 6.07) is 18.2. The second-order valence-electron chi connectivity index (χ2n) is 8.95. The first kappa shape index (κ1) is 17.8. The average molecular weight is 347 g/mol. The molecular formula is C26H34. The number of aryl methyl sites for hydroxylation is 1. The van der Waals surface area contributed by atoms with Crippen LogP contribution in [0.4, 0.5) is 0 Å². The number of hydrogen-bond donors (Lipinski definition) is 0. The Hall–Kier alpha value is -1.56. The summed E-state index contributed by atoms with van der Waals surface area (Å²) >= 11 is 0. The standard InChI is InChI=1S/C26H34/c1-20-7-13-24(14-8-20)26-17-11-22(12-18-26)19-21-9-15-25(16-10-21)23-5-3-2-4-6-23/h7-8,11-14,17-18,21,23,25H,2-6,9-10,15-16,19H2,1H3. The molecule has 4 rings (SSSR count). The van der Waals surface area contributed by atoms with Crippen molar-refractivity contribution in [3.63, 3.8) is 0 Å². The monoisotopic (exact) mass is 346 g/mol. The van der Waals surface area contributed by atoms with Crippen LogP contribution in [0.25, 0.3) is 11.1 Å². The molecule has 0 saturated heterocycles. The van der Waals surface area contributed by atoms with Crippen LogP contribution in [0.5, 0.6) is 0 Å². The van der Waals surface area contributed by atoms with Gasteiger partial charge in [-0.1, -0.05) is 86.2 Å². The molecule has 0 heteroatoms. The van der Waals surface area contributed by atoms with E-state index in [1.54, 1.807) is 0 Å². The summed E-state index contributed by atoms with van der Waals surface area (Å²) in [7, 11) is 0. The van der Waals surface area contributed by atoms with Gasteiger partial charge in [-0.3, -0.25) is 0 Å². The highest BCUT2D eigenvalue weighted by atomic mass is 14.3. The van der Waals surface area contributed by atoms with Crippen molar-refractivity contribution >= 4 is 0 Å². The smallest absolute Gasteiger partial charge is 0.0184 e. The molecule has 2 aromatic carbocycles. The van der Waals surface area contributed by atoms with Gasteiger partial charge in [0.25, 0.3) is 0 Å². The summed E-state index contributed by atoms with van der Waals surface area (Å²) in [5, 5.41) is 0. The molecule has 0 aliphatic heterocycles. The lowest BCUT2D eigenvalue weighted by atomic mass is 9.70. The SMILES string of the molecule is Cc1ccc(-c2ccc(CC3CCC(C4CCCCC4)CC3)cc2)cc1. The molecule has 0 unspecified atom stereocenters. The van der Waals surface area contributed by atoms with E-state index in [4.69, 9.17) is 0 Å². The fourth-order valence-electron chi connectivity index (χ4n) is 5.38. The van der Waals surface area contributed by atoms with Crippen molar-refractivity contribution in [1.82, 2.24) is 0 Å². The predicted molar refractivity (Wildman–Crippen MR) is 112 cm³/mol. The number of hydrogen-bond acceptors (Lipinski definition) is 0. The van der Waals surface area contributed by atoms with Gasteiger partial charge in [0.15, 0.2) is 0 Å². The van der Waals surface area contributed by atoms with Crippen molar-refractivity contribution in [1.29, 1.82) is 0 Å². The molecule has 0 amide bonds. The Kier molecular flexibility index (Phi) is 5.78. The topological polar surface area (TPSA) is 0 Å². The van der Waals surface area contributed by atoms with Gasteiger partial charge in [-0.25, -0.2) is 0 Å². The van der Waals surface area contributed by atoms with E-state index >= 15 is 0 Å². The lowest BCUT2D eigenvalue weighted by molar-refractivity contribution is 0.167. The third-order valence-electron chi connectivity index (χ3n) is 7.07. The molecule has 0 N–H and O–H groups in total. The Balaban J connectivity index is 1.30. The van der Waals surface area contributed by atoms with Crippen molar-refractivity contribution in [2.24, 2.45) is 17.8 Å². The first-order valence-corrected chi connectivity index (χ1v) is 10.9. The average Bonchev–Trinajstić information content (AvgIpc) is 2.71. The van der Waals surface area contributed by atoms with E-state index in [0.717, 1.165) is 17.8 Å². The van der Waals surface area contributed by atoms with Gasteiger partial charge < -0.3 is 0 Å². The van der Waals surface area contributed by atoms with E-state index in [2.05, 4.69) is 55.5 Å². The minimum Gasteiger partial charge on any atom is -0.0587 e. The van der Waals surface area contributed by atoms with Crippen molar-refractivity contribution in [3.8, 4) is 11.1 Å². The fraction of sp³-hybridized carbons (Fsp3) is 0.538. The summed E-state index contributed by atoms with van der Waals surface area (Å²) in [6.07, 6.45) is 14.7. The van der Waals surface area contributed by atoms with Gasteiger partial charge in [-0.05, 0) is 73.5 Å². The van der Waals surface area contributed by atoms with Crippen molar-refractivity contribution < 1.29 is 0 Å². The molecule has 0 heterocycles. The molecule has 138 valence electrons. The maximum atomic E-state index is 2.36. The van der Waals surface area contributed by atoms with E-state index in [1.165, 1.54) is 86.5 Å². The predicted octanol–water partition coefficient (Wildman–Crippen LogP) is 7.59. The Morgan fingerprint density at radius 2 is 1.15 bits per heavy atom. The van der Waals surface area contributed by atoms with Crippen LogP contribution < -0.4 is 0 Å². The van der Waals surface area contributed by atoms with E-state index in [9.17, 15) is 0 Å². The quantitative estimate of drug-likeness (QED) is 0.535. The third kappa shape index (κ3) is 4.40. The molecule has 2 aromatic rings. The van der Waals surface area contributed by atoms with Crippen LogP contribution in [0.3, 0.4) is 0 Å². The molecule has 2 aliphatic carbocycles. The van der Waals surface area contributed by atoms with Crippen LogP contribution >= 0.6 is 0 Å². The van der Waals surface area contributed by atoms with E-state index in [-0.39, 0.29) is 0 Å². The molecule has 2 aliphatic rings. The second-order valence-corrected chi connectivity index (χ2v) is 8.95. The van der Waals surface area contributed by atoms with E-state index < -0.39 is 0 Å².